The summed E-state index contributed by atoms with van der Waals surface area (Å²) in [5.74, 6) is 1.14. The van der Waals surface area contributed by atoms with E-state index in [-0.39, 0.29) is 5.82 Å². The predicted molar refractivity (Wildman–Crippen MR) is 101 cm³/mol. The van der Waals surface area contributed by atoms with E-state index in [0.717, 1.165) is 12.1 Å². The van der Waals surface area contributed by atoms with E-state index in [2.05, 4.69) is 35.0 Å². The number of halogens is 1. The van der Waals surface area contributed by atoms with Crippen LogP contribution in [0.1, 0.15) is 42.7 Å². The van der Waals surface area contributed by atoms with E-state index in [1.54, 1.807) is 6.07 Å². The zero-order chi connectivity index (χ0) is 17.2. The van der Waals surface area contributed by atoms with E-state index in [1.807, 2.05) is 12.1 Å². The summed E-state index contributed by atoms with van der Waals surface area (Å²) in [6, 6.07) is 15.6. The Morgan fingerprint density at radius 2 is 1.68 bits per heavy atom. The van der Waals surface area contributed by atoms with Crippen molar-refractivity contribution in [1.82, 2.24) is 4.57 Å². The highest BCUT2D eigenvalue weighted by atomic mass is 19.1. The van der Waals surface area contributed by atoms with Crippen LogP contribution in [0.15, 0.2) is 54.7 Å². The number of fused-ring (bicyclic) bond motifs is 1. The summed E-state index contributed by atoms with van der Waals surface area (Å²) in [6.07, 6.45) is 7.09. The van der Waals surface area contributed by atoms with Crippen LogP contribution in [0.25, 0.3) is 10.9 Å². The van der Waals surface area contributed by atoms with Crippen LogP contribution in [0.5, 0.6) is 0 Å². The maximum absolute atomic E-state index is 14.1. The summed E-state index contributed by atoms with van der Waals surface area (Å²) < 4.78 is 16.3. The van der Waals surface area contributed by atoms with Crippen LogP contribution in [-0.4, -0.2) is 11.1 Å². The summed E-state index contributed by atoms with van der Waals surface area (Å²) in [6.45, 7) is 1.38. The molecule has 0 aliphatic heterocycles. The maximum atomic E-state index is 14.1. The van der Waals surface area contributed by atoms with E-state index < -0.39 is 0 Å². The number of rotatable bonds is 4. The van der Waals surface area contributed by atoms with E-state index in [4.69, 9.17) is 5.73 Å². The second-order valence-corrected chi connectivity index (χ2v) is 7.27. The smallest absolute Gasteiger partial charge is 0.128 e. The lowest BCUT2D eigenvalue weighted by Gasteiger charge is -2.27. The second kappa shape index (κ2) is 7.01. The van der Waals surface area contributed by atoms with Crippen molar-refractivity contribution in [3.63, 3.8) is 0 Å². The summed E-state index contributed by atoms with van der Waals surface area (Å²) in [5.41, 5.74) is 9.20. The molecule has 0 atom stereocenters. The molecule has 1 aromatic heterocycles. The molecule has 0 saturated heterocycles. The molecule has 130 valence electrons. The second-order valence-electron chi connectivity index (χ2n) is 7.27. The van der Waals surface area contributed by atoms with Gasteiger partial charge in [0.2, 0.25) is 0 Å². The highest BCUT2D eigenvalue weighted by Crippen LogP contribution is 2.39. The van der Waals surface area contributed by atoms with Crippen molar-refractivity contribution >= 4 is 10.9 Å². The van der Waals surface area contributed by atoms with Gasteiger partial charge in [0, 0.05) is 22.7 Å². The quantitative estimate of drug-likeness (QED) is 0.709. The van der Waals surface area contributed by atoms with Gasteiger partial charge in [0.15, 0.2) is 0 Å². The third kappa shape index (κ3) is 3.21. The van der Waals surface area contributed by atoms with Gasteiger partial charge in [-0.3, -0.25) is 0 Å². The molecule has 0 amide bonds. The molecule has 3 aromatic rings. The van der Waals surface area contributed by atoms with Gasteiger partial charge in [-0.15, -0.1) is 0 Å². The Bertz CT molecular complexity index is 859. The lowest BCUT2D eigenvalue weighted by atomic mass is 9.79. The molecule has 0 spiro atoms. The molecule has 2 nitrogen and oxygen atoms in total. The van der Waals surface area contributed by atoms with Crippen molar-refractivity contribution in [3.8, 4) is 0 Å². The van der Waals surface area contributed by atoms with Crippen LogP contribution in [0.3, 0.4) is 0 Å². The zero-order valence-electron chi connectivity index (χ0n) is 14.5. The fourth-order valence-electron chi connectivity index (χ4n) is 4.25. The molecule has 1 aliphatic carbocycles. The van der Waals surface area contributed by atoms with E-state index >= 15 is 0 Å². The molecular formula is C22H25FN2. The van der Waals surface area contributed by atoms with E-state index in [9.17, 15) is 4.39 Å². The number of nitrogens with zero attached hydrogens (tertiary/aromatic N) is 1. The molecule has 2 aromatic carbocycles. The average Bonchev–Trinajstić information content (AvgIpc) is 3.02. The summed E-state index contributed by atoms with van der Waals surface area (Å²) in [4.78, 5) is 0. The molecular weight excluding hydrogens is 311 g/mol. The maximum Gasteiger partial charge on any atom is 0.128 e. The largest absolute Gasteiger partial charge is 0.343 e. The van der Waals surface area contributed by atoms with Crippen LogP contribution in [0.2, 0.25) is 0 Å². The highest BCUT2D eigenvalue weighted by molar-refractivity contribution is 5.84. The minimum absolute atomic E-state index is 0.134. The molecule has 1 saturated carbocycles. The van der Waals surface area contributed by atoms with Crippen LogP contribution < -0.4 is 5.73 Å². The minimum Gasteiger partial charge on any atom is -0.343 e. The van der Waals surface area contributed by atoms with Gasteiger partial charge in [0.25, 0.3) is 0 Å². The highest BCUT2D eigenvalue weighted by Gasteiger charge is 2.24. The Hall–Kier alpha value is -2.13. The van der Waals surface area contributed by atoms with E-state index in [0.29, 0.717) is 18.4 Å². The first-order valence-electron chi connectivity index (χ1n) is 9.27. The average molecular weight is 336 g/mol. The number of nitrogens with two attached hydrogens (primary N) is 1. The van der Waals surface area contributed by atoms with Crippen LogP contribution in [-0.2, 0) is 6.54 Å². The minimum atomic E-state index is -0.134. The Kier molecular flexibility index (Phi) is 4.58. The molecule has 25 heavy (non-hydrogen) atoms. The molecule has 1 aliphatic rings. The van der Waals surface area contributed by atoms with Crippen molar-refractivity contribution in [2.45, 2.75) is 38.1 Å². The molecule has 0 unspecified atom stereocenters. The standard InChI is InChI=1S/C22H25FN2/c23-21-7-3-1-5-18(21)14-25-15-20(19-6-2-4-8-22(19)25)17-11-9-16(13-24)10-12-17/h1-8,15-17H,9-14,24H2. The SMILES string of the molecule is NCC1CCC(c2cn(Cc3ccccc3F)c3ccccc23)CC1. The van der Waals surface area contributed by atoms with Gasteiger partial charge >= 0.3 is 0 Å². The van der Waals surface area contributed by atoms with Crippen LogP contribution >= 0.6 is 0 Å². The van der Waals surface area contributed by atoms with Gasteiger partial charge in [0.05, 0.1) is 6.54 Å². The number of aromatic nitrogens is 1. The van der Waals surface area contributed by atoms with Gasteiger partial charge < -0.3 is 10.3 Å². The first-order valence-corrected chi connectivity index (χ1v) is 9.27. The Morgan fingerprint density at radius 1 is 0.960 bits per heavy atom. The van der Waals surface area contributed by atoms with Crippen molar-refractivity contribution in [2.75, 3.05) is 6.54 Å². The fourth-order valence-corrected chi connectivity index (χ4v) is 4.25. The van der Waals surface area contributed by atoms with Gasteiger partial charge in [-0.1, -0.05) is 36.4 Å². The van der Waals surface area contributed by atoms with E-state index in [1.165, 1.54) is 48.2 Å². The molecule has 0 radical (unpaired) electrons. The van der Waals surface area contributed by atoms with Crippen LogP contribution in [0.4, 0.5) is 4.39 Å². The molecule has 2 N–H and O–H groups in total. The van der Waals surface area contributed by atoms with Crippen molar-refractivity contribution in [1.29, 1.82) is 0 Å². The van der Waals surface area contributed by atoms with Gasteiger partial charge in [-0.05, 0) is 61.8 Å². The normalized spacial score (nSPS) is 20.9. The predicted octanol–water partition coefficient (Wildman–Crippen LogP) is 5.06. The van der Waals surface area contributed by atoms with Crippen molar-refractivity contribution in [3.05, 3.63) is 71.7 Å². The number of para-hydroxylation sites is 1. The molecule has 4 rings (SSSR count). The third-order valence-corrected chi connectivity index (χ3v) is 5.74. The third-order valence-electron chi connectivity index (χ3n) is 5.74. The number of hydrogen-bond donors (Lipinski definition) is 1. The van der Waals surface area contributed by atoms with Gasteiger partial charge in [-0.25, -0.2) is 4.39 Å². The fraction of sp³-hybridized carbons (Fsp3) is 0.364. The van der Waals surface area contributed by atoms with Crippen LogP contribution in [0, 0.1) is 11.7 Å². The lowest BCUT2D eigenvalue weighted by Crippen LogP contribution is -2.20. The molecule has 1 heterocycles. The lowest BCUT2D eigenvalue weighted by molar-refractivity contribution is 0.333. The Labute approximate surface area is 148 Å². The molecule has 0 bridgehead atoms. The molecule has 3 heteroatoms. The number of benzene rings is 2. The Morgan fingerprint density at radius 3 is 2.44 bits per heavy atom. The summed E-state index contributed by atoms with van der Waals surface area (Å²) in [7, 11) is 0. The van der Waals surface area contributed by atoms with Crippen molar-refractivity contribution < 1.29 is 4.39 Å². The monoisotopic (exact) mass is 336 g/mol. The first-order chi connectivity index (χ1) is 12.3. The summed E-state index contributed by atoms with van der Waals surface area (Å²) in [5, 5.41) is 1.31. The van der Waals surface area contributed by atoms with Gasteiger partial charge in [0.1, 0.15) is 5.82 Å². The Balaban J connectivity index is 1.68. The topological polar surface area (TPSA) is 30.9 Å². The summed E-state index contributed by atoms with van der Waals surface area (Å²) >= 11 is 0. The van der Waals surface area contributed by atoms with Gasteiger partial charge in [-0.2, -0.15) is 0 Å². The first kappa shape index (κ1) is 16.3. The van der Waals surface area contributed by atoms with Crippen molar-refractivity contribution in [2.24, 2.45) is 11.7 Å². The number of hydrogen-bond acceptors (Lipinski definition) is 1. The molecule has 1 fully saturated rings. The zero-order valence-corrected chi connectivity index (χ0v) is 14.5.